The molecule has 0 bridgehead atoms. The molecule has 0 aliphatic rings. The van der Waals surface area contributed by atoms with E-state index in [1.165, 1.54) is 6.07 Å². The van der Waals surface area contributed by atoms with Crippen molar-refractivity contribution in [3.8, 4) is 5.75 Å². The molecule has 0 aliphatic carbocycles. The molecule has 0 saturated heterocycles. The zero-order valence-electron chi connectivity index (χ0n) is 22.9. The fraction of sp³-hybridized carbons (Fsp3) is 0.667. The van der Waals surface area contributed by atoms with Gasteiger partial charge in [-0.2, -0.15) is 0 Å². The van der Waals surface area contributed by atoms with Crippen molar-refractivity contribution >= 4 is 17.9 Å². The Morgan fingerprint density at radius 2 is 1.69 bits per heavy atom. The number of nitrogens with one attached hydrogen (secondary N) is 2. The second kappa shape index (κ2) is 13.4. The van der Waals surface area contributed by atoms with Gasteiger partial charge in [-0.05, 0) is 77.1 Å². The number of carbonyl (C=O) groups excluding carboxylic acids is 3. The maximum Gasteiger partial charge on any atom is 0.408 e. The fourth-order valence-electron chi connectivity index (χ4n) is 3.71. The Balaban J connectivity index is 3.49. The van der Waals surface area contributed by atoms with Gasteiger partial charge in [-0.15, -0.1) is 0 Å². The molecule has 2 atom stereocenters. The number of carbonyl (C=O) groups is 3. The van der Waals surface area contributed by atoms with Gasteiger partial charge in [-0.25, -0.2) is 4.79 Å². The highest BCUT2D eigenvalue weighted by molar-refractivity contribution is 5.92. The molecule has 1 aromatic carbocycles. The molecule has 0 heterocycles. The number of rotatable bonds is 11. The van der Waals surface area contributed by atoms with Crippen LogP contribution in [0.4, 0.5) is 4.79 Å². The van der Waals surface area contributed by atoms with E-state index in [-0.39, 0.29) is 29.5 Å². The van der Waals surface area contributed by atoms with Crippen molar-refractivity contribution in [2.45, 2.75) is 105 Å². The van der Waals surface area contributed by atoms with Crippen LogP contribution in [-0.4, -0.2) is 52.1 Å². The molecule has 198 valence electrons. The Kier molecular flexibility index (Phi) is 11.5. The zero-order valence-corrected chi connectivity index (χ0v) is 22.9. The molecule has 0 radical (unpaired) electrons. The average Bonchev–Trinajstić information content (AvgIpc) is 2.71. The Morgan fingerprint density at radius 1 is 1.06 bits per heavy atom. The quantitative estimate of drug-likeness (QED) is 0.384. The van der Waals surface area contributed by atoms with E-state index in [9.17, 15) is 19.5 Å². The van der Waals surface area contributed by atoms with Crippen molar-refractivity contribution in [2.75, 3.05) is 6.54 Å². The van der Waals surface area contributed by atoms with E-state index in [0.29, 0.717) is 24.1 Å². The number of alkyl carbamates (subject to hydrolysis) is 1. The molecule has 0 saturated carbocycles. The SMILES string of the molecule is CCCCCN(C(=O)C(NC(=O)OC(C)(C)C)C(C)C)C(C(=O)NC(C)C)c1ccc(O)c(C)c1. The van der Waals surface area contributed by atoms with Gasteiger partial charge in [-0.3, -0.25) is 9.59 Å². The number of phenolic OH excluding ortho intramolecular Hbond substituents is 1. The van der Waals surface area contributed by atoms with Gasteiger partial charge in [-0.1, -0.05) is 39.7 Å². The minimum atomic E-state index is -0.914. The predicted molar refractivity (Wildman–Crippen MR) is 138 cm³/mol. The largest absolute Gasteiger partial charge is 0.508 e. The number of benzene rings is 1. The van der Waals surface area contributed by atoms with Crippen molar-refractivity contribution < 1.29 is 24.2 Å². The number of hydrogen-bond acceptors (Lipinski definition) is 5. The summed E-state index contributed by atoms with van der Waals surface area (Å²) in [5, 5.41) is 15.7. The molecule has 0 fully saturated rings. The van der Waals surface area contributed by atoms with E-state index in [1.807, 2.05) is 27.7 Å². The number of ether oxygens (including phenoxy) is 1. The van der Waals surface area contributed by atoms with E-state index >= 15 is 0 Å². The second-order valence-electron chi connectivity index (χ2n) is 10.7. The van der Waals surface area contributed by atoms with Crippen LogP contribution < -0.4 is 10.6 Å². The van der Waals surface area contributed by atoms with Crippen LogP contribution in [0.2, 0.25) is 0 Å². The van der Waals surface area contributed by atoms with Crippen molar-refractivity contribution in [3.05, 3.63) is 29.3 Å². The van der Waals surface area contributed by atoms with Crippen molar-refractivity contribution in [1.82, 2.24) is 15.5 Å². The maximum absolute atomic E-state index is 14.0. The summed E-state index contributed by atoms with van der Waals surface area (Å²) in [5.41, 5.74) is 0.500. The van der Waals surface area contributed by atoms with Crippen LogP contribution in [-0.2, 0) is 14.3 Å². The summed E-state index contributed by atoms with van der Waals surface area (Å²) in [6.45, 7) is 16.9. The van der Waals surface area contributed by atoms with Crippen LogP contribution in [0.25, 0.3) is 0 Å². The first-order chi connectivity index (χ1) is 16.2. The highest BCUT2D eigenvalue weighted by Crippen LogP contribution is 2.28. The number of nitrogens with zero attached hydrogens (tertiary/aromatic N) is 1. The lowest BCUT2D eigenvalue weighted by molar-refractivity contribution is -0.143. The number of hydrogen-bond donors (Lipinski definition) is 3. The summed E-state index contributed by atoms with van der Waals surface area (Å²) in [5.74, 6) is -0.780. The van der Waals surface area contributed by atoms with Gasteiger partial charge in [0.25, 0.3) is 0 Å². The number of unbranched alkanes of at least 4 members (excludes halogenated alkanes) is 2. The molecule has 1 aromatic rings. The highest BCUT2D eigenvalue weighted by atomic mass is 16.6. The average molecular weight is 492 g/mol. The first kappa shape index (κ1) is 30.3. The first-order valence-corrected chi connectivity index (χ1v) is 12.6. The maximum atomic E-state index is 14.0. The lowest BCUT2D eigenvalue weighted by Crippen LogP contribution is -2.55. The number of aryl methyl sites for hydroxylation is 1. The highest BCUT2D eigenvalue weighted by Gasteiger charge is 2.37. The predicted octanol–water partition coefficient (Wildman–Crippen LogP) is 4.83. The van der Waals surface area contributed by atoms with E-state index in [2.05, 4.69) is 17.6 Å². The number of aromatic hydroxyl groups is 1. The number of phenols is 1. The molecule has 0 aliphatic heterocycles. The molecule has 3 amide bonds. The van der Waals surface area contributed by atoms with Crippen molar-refractivity contribution in [3.63, 3.8) is 0 Å². The lowest BCUT2D eigenvalue weighted by atomic mass is 9.97. The normalized spacial score (nSPS) is 13.3. The minimum absolute atomic E-state index is 0.118. The molecule has 2 unspecified atom stereocenters. The summed E-state index contributed by atoms with van der Waals surface area (Å²) < 4.78 is 5.39. The van der Waals surface area contributed by atoms with Gasteiger partial charge in [0.1, 0.15) is 23.4 Å². The van der Waals surface area contributed by atoms with Crippen LogP contribution in [0.15, 0.2) is 18.2 Å². The molecule has 0 aromatic heterocycles. The second-order valence-corrected chi connectivity index (χ2v) is 10.7. The lowest BCUT2D eigenvalue weighted by Gasteiger charge is -2.36. The van der Waals surface area contributed by atoms with Crippen molar-refractivity contribution in [2.24, 2.45) is 5.92 Å². The molecule has 0 spiro atoms. The smallest absolute Gasteiger partial charge is 0.408 e. The third-order valence-corrected chi connectivity index (χ3v) is 5.42. The van der Waals surface area contributed by atoms with E-state index in [1.54, 1.807) is 44.7 Å². The molecule has 1 rings (SSSR count). The van der Waals surface area contributed by atoms with E-state index in [0.717, 1.165) is 12.8 Å². The van der Waals surface area contributed by atoms with Crippen LogP contribution in [0.3, 0.4) is 0 Å². The standard InChI is InChI=1S/C27H45N3O5/c1-10-11-12-15-30(25(33)22(17(2)3)29-26(34)35-27(7,8)9)23(24(32)28-18(4)5)20-13-14-21(31)19(6)16-20/h13-14,16-18,22-23,31H,10-12,15H2,1-9H3,(H,28,32)(H,29,34). The molecule has 35 heavy (non-hydrogen) atoms. The Bertz CT molecular complexity index is 861. The van der Waals surface area contributed by atoms with Gasteiger partial charge in [0.15, 0.2) is 0 Å². The topological polar surface area (TPSA) is 108 Å². The van der Waals surface area contributed by atoms with E-state index < -0.39 is 23.8 Å². The minimum Gasteiger partial charge on any atom is -0.508 e. The Hall–Kier alpha value is -2.77. The van der Waals surface area contributed by atoms with Gasteiger partial charge < -0.3 is 25.4 Å². The van der Waals surface area contributed by atoms with Gasteiger partial charge in [0.05, 0.1) is 0 Å². The zero-order chi connectivity index (χ0) is 26.9. The molecular formula is C27H45N3O5. The summed E-state index contributed by atoms with van der Waals surface area (Å²) in [6.07, 6.45) is 1.87. The fourth-order valence-corrected chi connectivity index (χ4v) is 3.71. The monoisotopic (exact) mass is 491 g/mol. The van der Waals surface area contributed by atoms with Crippen LogP contribution in [0.5, 0.6) is 5.75 Å². The third-order valence-electron chi connectivity index (χ3n) is 5.42. The molecule has 8 nitrogen and oxygen atoms in total. The summed E-state index contributed by atoms with van der Waals surface area (Å²) in [4.78, 5) is 41.5. The Morgan fingerprint density at radius 3 is 2.17 bits per heavy atom. The van der Waals surface area contributed by atoms with Gasteiger partial charge in [0.2, 0.25) is 11.8 Å². The third kappa shape index (κ3) is 9.78. The van der Waals surface area contributed by atoms with E-state index in [4.69, 9.17) is 4.74 Å². The van der Waals surface area contributed by atoms with Crippen LogP contribution in [0, 0.1) is 12.8 Å². The summed E-state index contributed by atoms with van der Waals surface area (Å²) in [6, 6.07) is 3.01. The number of amides is 3. The van der Waals surface area contributed by atoms with Crippen LogP contribution in [0.1, 0.15) is 91.8 Å². The molecule has 8 heteroatoms. The molecular weight excluding hydrogens is 446 g/mol. The summed E-state index contributed by atoms with van der Waals surface area (Å²) in [7, 11) is 0. The Labute approximate surface area is 210 Å². The van der Waals surface area contributed by atoms with Gasteiger partial charge in [0, 0.05) is 12.6 Å². The van der Waals surface area contributed by atoms with Crippen LogP contribution >= 0.6 is 0 Å². The molecule has 3 N–H and O–H groups in total. The van der Waals surface area contributed by atoms with Crippen molar-refractivity contribution in [1.29, 1.82) is 0 Å². The van der Waals surface area contributed by atoms with Gasteiger partial charge >= 0.3 is 6.09 Å². The summed E-state index contributed by atoms with van der Waals surface area (Å²) >= 11 is 0. The first-order valence-electron chi connectivity index (χ1n) is 12.6.